The van der Waals surface area contributed by atoms with Crippen LogP contribution < -0.4 is 0 Å². The van der Waals surface area contributed by atoms with Crippen molar-refractivity contribution in [3.05, 3.63) is 39.8 Å². The third-order valence-electron chi connectivity index (χ3n) is 7.38. The fourth-order valence-corrected chi connectivity index (χ4v) is 6.50. The first-order valence-corrected chi connectivity index (χ1v) is 13.3. The minimum absolute atomic E-state index is 0.293. The molecule has 0 atom stereocenters. The minimum Gasteiger partial charge on any atom is -0.383 e. The van der Waals surface area contributed by atoms with E-state index in [-0.39, 0.29) is 0 Å². The van der Waals surface area contributed by atoms with Gasteiger partial charge in [0.25, 0.3) is 0 Å². The topological polar surface area (TPSA) is 84.2 Å². The average Bonchev–Trinajstić information content (AvgIpc) is 3.58. The Morgan fingerprint density at radius 3 is 2.66 bits per heavy atom. The monoisotopic (exact) mass is 493 g/mol. The molecule has 0 unspecified atom stereocenters. The molecular formula is C26H35N7OS. The third-order valence-corrected chi connectivity index (χ3v) is 8.72. The van der Waals surface area contributed by atoms with E-state index in [9.17, 15) is 0 Å². The number of aromatic amines is 1. The number of hydrogen-bond donors (Lipinski definition) is 1. The molecular weight excluding hydrogens is 458 g/mol. The molecule has 0 spiro atoms. The summed E-state index contributed by atoms with van der Waals surface area (Å²) < 4.78 is 7.10. The van der Waals surface area contributed by atoms with E-state index in [4.69, 9.17) is 14.8 Å². The SMILES string of the molecule is COCCN1CCC(c2sc(-c3[nH]nc(-c4cn5ncnc5c(C)c4C)c3C(C)C)nc2C)CC1. The van der Waals surface area contributed by atoms with Crippen LogP contribution >= 0.6 is 11.3 Å². The molecule has 1 aliphatic heterocycles. The van der Waals surface area contributed by atoms with Crippen LogP contribution in [0.15, 0.2) is 12.5 Å². The molecule has 5 rings (SSSR count). The van der Waals surface area contributed by atoms with Crippen molar-refractivity contribution in [2.45, 2.75) is 59.3 Å². The average molecular weight is 494 g/mol. The summed E-state index contributed by atoms with van der Waals surface area (Å²) in [7, 11) is 1.77. The quantitative estimate of drug-likeness (QED) is 0.385. The van der Waals surface area contributed by atoms with E-state index in [1.807, 2.05) is 22.0 Å². The highest BCUT2D eigenvalue weighted by atomic mass is 32.1. The maximum absolute atomic E-state index is 5.26. The van der Waals surface area contributed by atoms with Crippen LogP contribution in [-0.4, -0.2) is 68.0 Å². The Bertz CT molecular complexity index is 1330. The normalized spacial score (nSPS) is 15.6. The van der Waals surface area contributed by atoms with Gasteiger partial charge in [0.15, 0.2) is 5.65 Å². The largest absolute Gasteiger partial charge is 0.383 e. The molecule has 1 aliphatic rings. The maximum Gasteiger partial charge on any atom is 0.158 e. The van der Waals surface area contributed by atoms with E-state index in [2.05, 4.69) is 54.7 Å². The van der Waals surface area contributed by atoms with E-state index >= 15 is 0 Å². The lowest BCUT2D eigenvalue weighted by Crippen LogP contribution is -2.35. The van der Waals surface area contributed by atoms with Crippen LogP contribution in [0.4, 0.5) is 0 Å². The van der Waals surface area contributed by atoms with Crippen LogP contribution in [-0.2, 0) is 4.74 Å². The highest BCUT2D eigenvalue weighted by Crippen LogP contribution is 2.42. The van der Waals surface area contributed by atoms with Crippen LogP contribution in [0.1, 0.15) is 65.8 Å². The number of pyridine rings is 1. The fourth-order valence-electron chi connectivity index (χ4n) is 5.25. The van der Waals surface area contributed by atoms with Gasteiger partial charge in [0, 0.05) is 35.9 Å². The number of thiazole rings is 1. The number of aryl methyl sites for hydroxylation is 2. The number of nitrogens with one attached hydrogen (secondary N) is 1. The minimum atomic E-state index is 0.293. The van der Waals surface area contributed by atoms with Gasteiger partial charge >= 0.3 is 0 Å². The number of likely N-dealkylation sites (tertiary alicyclic amines) is 1. The molecule has 35 heavy (non-hydrogen) atoms. The van der Waals surface area contributed by atoms with Gasteiger partial charge in [0.05, 0.1) is 23.7 Å². The lowest BCUT2D eigenvalue weighted by Gasteiger charge is -2.31. The van der Waals surface area contributed by atoms with Crippen molar-refractivity contribution in [2.24, 2.45) is 0 Å². The van der Waals surface area contributed by atoms with Gasteiger partial charge in [-0.3, -0.25) is 5.10 Å². The summed E-state index contributed by atoms with van der Waals surface area (Å²) in [6, 6.07) is 0. The second-order valence-corrected chi connectivity index (χ2v) is 10.9. The molecule has 8 nitrogen and oxygen atoms in total. The summed E-state index contributed by atoms with van der Waals surface area (Å²) in [4.78, 5) is 13.4. The Hall–Kier alpha value is -2.62. The number of aromatic nitrogens is 6. The molecule has 1 saturated heterocycles. The van der Waals surface area contributed by atoms with E-state index in [0.717, 1.165) is 65.1 Å². The molecule has 4 aromatic heterocycles. The van der Waals surface area contributed by atoms with Gasteiger partial charge in [-0.15, -0.1) is 11.3 Å². The molecule has 0 bridgehead atoms. The fraction of sp³-hybridized carbons (Fsp3) is 0.538. The smallest absolute Gasteiger partial charge is 0.158 e. The van der Waals surface area contributed by atoms with Gasteiger partial charge in [0.2, 0.25) is 0 Å². The molecule has 0 radical (unpaired) electrons. The van der Waals surface area contributed by atoms with Gasteiger partial charge in [-0.2, -0.15) is 10.2 Å². The van der Waals surface area contributed by atoms with Crippen molar-refractivity contribution in [3.8, 4) is 22.0 Å². The first kappa shape index (κ1) is 24.1. The van der Waals surface area contributed by atoms with Crippen molar-refractivity contribution in [1.82, 2.24) is 34.7 Å². The van der Waals surface area contributed by atoms with Crippen molar-refractivity contribution >= 4 is 17.0 Å². The van der Waals surface area contributed by atoms with Crippen molar-refractivity contribution in [1.29, 1.82) is 0 Å². The van der Waals surface area contributed by atoms with E-state index in [1.54, 1.807) is 13.4 Å². The predicted octanol–water partition coefficient (Wildman–Crippen LogP) is 5.12. The second-order valence-electron chi connectivity index (χ2n) is 9.91. The molecule has 1 fully saturated rings. The van der Waals surface area contributed by atoms with E-state index < -0.39 is 0 Å². The summed E-state index contributed by atoms with van der Waals surface area (Å²) in [6.45, 7) is 14.9. The van der Waals surface area contributed by atoms with Crippen molar-refractivity contribution in [3.63, 3.8) is 0 Å². The number of H-pyrrole nitrogens is 1. The Balaban J connectivity index is 1.48. The zero-order valence-electron chi connectivity index (χ0n) is 21.6. The summed E-state index contributed by atoms with van der Waals surface area (Å²) >= 11 is 1.84. The predicted molar refractivity (Wildman–Crippen MR) is 140 cm³/mol. The Kier molecular flexibility index (Phi) is 6.74. The number of nitrogens with zero attached hydrogens (tertiary/aromatic N) is 6. The van der Waals surface area contributed by atoms with Crippen LogP contribution in [0.2, 0.25) is 0 Å². The third kappa shape index (κ3) is 4.41. The zero-order valence-corrected chi connectivity index (χ0v) is 22.4. The Labute approximate surface area is 210 Å². The number of piperidine rings is 1. The van der Waals surface area contributed by atoms with Gasteiger partial charge in [-0.05, 0) is 69.7 Å². The van der Waals surface area contributed by atoms with Crippen LogP contribution in [0.3, 0.4) is 0 Å². The molecule has 0 aliphatic carbocycles. The van der Waals surface area contributed by atoms with Gasteiger partial charge < -0.3 is 9.64 Å². The highest BCUT2D eigenvalue weighted by molar-refractivity contribution is 7.15. The van der Waals surface area contributed by atoms with Gasteiger partial charge in [-0.25, -0.2) is 14.5 Å². The lowest BCUT2D eigenvalue weighted by molar-refractivity contribution is 0.130. The van der Waals surface area contributed by atoms with E-state index in [1.165, 1.54) is 28.8 Å². The number of fused-ring (bicyclic) bond motifs is 1. The van der Waals surface area contributed by atoms with Crippen LogP contribution in [0.25, 0.3) is 27.6 Å². The first-order chi connectivity index (χ1) is 16.9. The second kappa shape index (κ2) is 9.79. The van der Waals surface area contributed by atoms with E-state index in [0.29, 0.717) is 11.8 Å². The highest BCUT2D eigenvalue weighted by Gasteiger charge is 2.27. The van der Waals surface area contributed by atoms with Crippen molar-refractivity contribution < 1.29 is 4.74 Å². The summed E-state index contributed by atoms with van der Waals surface area (Å²) in [5.41, 5.74) is 8.68. The Morgan fingerprint density at radius 1 is 1.17 bits per heavy atom. The molecule has 0 amide bonds. The molecule has 186 valence electrons. The molecule has 0 saturated carbocycles. The molecule has 5 heterocycles. The summed E-state index contributed by atoms with van der Waals surface area (Å²) in [5, 5.41) is 13.6. The Morgan fingerprint density at radius 2 is 1.94 bits per heavy atom. The molecule has 0 aromatic carbocycles. The van der Waals surface area contributed by atoms with Crippen LogP contribution in [0.5, 0.6) is 0 Å². The molecule has 1 N–H and O–H groups in total. The van der Waals surface area contributed by atoms with Gasteiger partial charge in [-0.1, -0.05) is 13.8 Å². The lowest BCUT2D eigenvalue weighted by atomic mass is 9.94. The molecule has 9 heteroatoms. The number of ether oxygens (including phenoxy) is 1. The zero-order chi connectivity index (χ0) is 24.7. The van der Waals surface area contributed by atoms with Gasteiger partial charge in [0.1, 0.15) is 11.3 Å². The van der Waals surface area contributed by atoms with Crippen molar-refractivity contribution in [2.75, 3.05) is 33.4 Å². The summed E-state index contributed by atoms with van der Waals surface area (Å²) in [6.07, 6.45) is 6.00. The number of hydrogen-bond acceptors (Lipinski definition) is 7. The van der Waals surface area contributed by atoms with Crippen LogP contribution in [0, 0.1) is 20.8 Å². The standard InChI is InChI=1S/C26H35N7OS/c1-15(2)21-22(20-13-33-25(27-14-28-33)17(4)16(20)3)30-31-23(21)26-29-18(5)24(35-26)19-7-9-32(10-8-19)11-12-34-6/h13-15,19H,7-12H2,1-6H3,(H,30,31). The molecule has 4 aromatic rings. The number of rotatable bonds is 7. The maximum atomic E-state index is 5.26. The first-order valence-electron chi connectivity index (χ1n) is 12.5. The number of methoxy groups -OCH3 is 1. The summed E-state index contributed by atoms with van der Waals surface area (Å²) in [5.74, 6) is 0.867.